The Kier molecular flexibility index (Phi) is 2.74. The Hall–Kier alpha value is -0.0862. The lowest BCUT2D eigenvalue weighted by molar-refractivity contribution is 1.23. The summed E-state index contributed by atoms with van der Waals surface area (Å²) < 4.78 is 0. The van der Waals surface area contributed by atoms with Crippen LogP contribution in [-0.4, -0.2) is 16.1 Å². The second kappa shape index (κ2) is 3.24. The van der Waals surface area contributed by atoms with Gasteiger partial charge in [-0.1, -0.05) is 61.3 Å². The molecule has 74 valence electrons. The second-order valence-electron chi connectivity index (χ2n) is 5.45. The fourth-order valence-electron chi connectivity index (χ4n) is 2.25. The molecule has 2 heteroatoms. The molecular formula is C11H22Si2. The first-order valence-electron chi connectivity index (χ1n) is 5.18. The van der Waals surface area contributed by atoms with E-state index >= 15 is 0 Å². The highest BCUT2D eigenvalue weighted by atomic mass is 28.3. The van der Waals surface area contributed by atoms with Gasteiger partial charge >= 0.3 is 0 Å². The van der Waals surface area contributed by atoms with E-state index in [2.05, 4.69) is 45.8 Å². The summed E-state index contributed by atoms with van der Waals surface area (Å²) in [6.07, 6.45) is 2.34. The highest BCUT2D eigenvalue weighted by Gasteiger charge is 2.40. The summed E-state index contributed by atoms with van der Waals surface area (Å²) in [4.78, 5) is 0. The molecule has 1 fully saturated rings. The Labute approximate surface area is 84.8 Å². The molecule has 1 saturated heterocycles. The minimum atomic E-state index is -1.09. The maximum Gasteiger partial charge on any atom is 0.0797 e. The average molecular weight is 210 g/mol. The van der Waals surface area contributed by atoms with E-state index in [0.717, 1.165) is 0 Å². The quantitative estimate of drug-likeness (QED) is 0.530. The highest BCUT2D eigenvalue weighted by Crippen LogP contribution is 2.40. The average Bonchev–Trinajstić information content (AvgIpc) is 2.00. The van der Waals surface area contributed by atoms with Gasteiger partial charge in [-0.15, -0.1) is 0 Å². The molecule has 0 aromatic carbocycles. The standard InChI is InChI=1S/C11H22Si2/c1-7-11-10(2)12(3,4)8-9-13(11,5)6/h7H,2,8-9H2,1,3-6H3/b11-7+. The van der Waals surface area contributed by atoms with Gasteiger partial charge in [0.2, 0.25) is 0 Å². The molecule has 1 rings (SSSR count). The smallest absolute Gasteiger partial charge is 0.0797 e. The maximum atomic E-state index is 4.34. The van der Waals surface area contributed by atoms with Crippen molar-refractivity contribution in [2.24, 2.45) is 0 Å². The van der Waals surface area contributed by atoms with Crippen LogP contribution in [0.25, 0.3) is 0 Å². The second-order valence-corrected chi connectivity index (χ2v) is 15.1. The van der Waals surface area contributed by atoms with Gasteiger partial charge in [-0.3, -0.25) is 0 Å². The van der Waals surface area contributed by atoms with Crippen molar-refractivity contribution in [1.29, 1.82) is 0 Å². The van der Waals surface area contributed by atoms with E-state index in [1.807, 2.05) is 0 Å². The summed E-state index contributed by atoms with van der Waals surface area (Å²) in [6, 6.07) is 2.94. The van der Waals surface area contributed by atoms with Crippen molar-refractivity contribution in [2.75, 3.05) is 0 Å². The van der Waals surface area contributed by atoms with E-state index in [1.165, 1.54) is 17.3 Å². The lowest BCUT2D eigenvalue weighted by Gasteiger charge is -2.41. The summed E-state index contributed by atoms with van der Waals surface area (Å²) in [6.45, 7) is 16.4. The number of hydrogen-bond donors (Lipinski definition) is 0. The van der Waals surface area contributed by atoms with Gasteiger partial charge in [0.05, 0.1) is 16.1 Å². The Bertz CT molecular complexity index is 259. The topological polar surface area (TPSA) is 0 Å². The molecule has 0 spiro atoms. The first-order valence-corrected chi connectivity index (χ1v) is 11.6. The molecule has 0 aliphatic carbocycles. The molecule has 1 aliphatic rings. The first kappa shape index (κ1) is 11.0. The van der Waals surface area contributed by atoms with Gasteiger partial charge in [0, 0.05) is 0 Å². The first-order chi connectivity index (χ1) is 5.81. The normalized spacial score (nSPS) is 29.3. The van der Waals surface area contributed by atoms with Crippen LogP contribution in [0.3, 0.4) is 0 Å². The van der Waals surface area contributed by atoms with Crippen molar-refractivity contribution >= 4 is 16.1 Å². The van der Waals surface area contributed by atoms with Crippen LogP contribution in [0.1, 0.15) is 6.92 Å². The monoisotopic (exact) mass is 210 g/mol. The van der Waals surface area contributed by atoms with E-state index in [1.54, 1.807) is 5.20 Å². The molecule has 0 unspecified atom stereocenters. The summed E-state index contributed by atoms with van der Waals surface area (Å²) >= 11 is 0. The van der Waals surface area contributed by atoms with Gasteiger partial charge in [0.25, 0.3) is 0 Å². The van der Waals surface area contributed by atoms with Crippen molar-refractivity contribution in [1.82, 2.24) is 0 Å². The van der Waals surface area contributed by atoms with Crippen LogP contribution in [0, 0.1) is 0 Å². The summed E-state index contributed by atoms with van der Waals surface area (Å²) in [5.74, 6) is 0. The van der Waals surface area contributed by atoms with E-state index in [4.69, 9.17) is 0 Å². The van der Waals surface area contributed by atoms with E-state index in [0.29, 0.717) is 0 Å². The third-order valence-corrected chi connectivity index (χ3v) is 11.2. The van der Waals surface area contributed by atoms with Crippen LogP contribution >= 0.6 is 0 Å². The maximum absolute atomic E-state index is 4.34. The number of hydrogen-bond acceptors (Lipinski definition) is 0. The fourth-order valence-corrected chi connectivity index (χ4v) is 12.3. The van der Waals surface area contributed by atoms with Crippen molar-refractivity contribution < 1.29 is 0 Å². The Balaban J connectivity index is 3.07. The van der Waals surface area contributed by atoms with E-state index < -0.39 is 16.1 Å². The Morgan fingerprint density at radius 2 is 1.54 bits per heavy atom. The summed E-state index contributed by atoms with van der Waals surface area (Å²) in [5.41, 5.74) is 0. The molecule has 0 bridgehead atoms. The minimum Gasteiger partial charge on any atom is -0.0999 e. The molecular weight excluding hydrogens is 188 g/mol. The number of rotatable bonds is 0. The van der Waals surface area contributed by atoms with Gasteiger partial charge in [-0.2, -0.15) is 0 Å². The van der Waals surface area contributed by atoms with Crippen molar-refractivity contribution in [3.8, 4) is 0 Å². The van der Waals surface area contributed by atoms with Crippen molar-refractivity contribution in [2.45, 2.75) is 45.2 Å². The zero-order valence-corrected chi connectivity index (χ0v) is 11.7. The molecule has 0 nitrogen and oxygen atoms in total. The van der Waals surface area contributed by atoms with Gasteiger partial charge in [0.15, 0.2) is 0 Å². The van der Waals surface area contributed by atoms with Crippen LogP contribution in [0.15, 0.2) is 23.0 Å². The van der Waals surface area contributed by atoms with Gasteiger partial charge in [-0.05, 0) is 6.92 Å². The Morgan fingerprint density at radius 3 is 1.92 bits per heavy atom. The SMILES string of the molecule is C=C1/C(=C\C)[Si](C)(C)CC[Si]1(C)C. The lowest BCUT2D eigenvalue weighted by Crippen LogP contribution is -2.45. The molecule has 0 aromatic heterocycles. The van der Waals surface area contributed by atoms with Crippen LogP contribution in [-0.2, 0) is 0 Å². The minimum absolute atomic E-state index is 1.08. The molecule has 0 amide bonds. The zero-order valence-electron chi connectivity index (χ0n) is 9.70. The molecule has 0 saturated carbocycles. The fraction of sp³-hybridized carbons (Fsp3) is 0.636. The van der Waals surface area contributed by atoms with Gasteiger partial charge in [0.1, 0.15) is 0 Å². The van der Waals surface area contributed by atoms with Crippen LogP contribution < -0.4 is 0 Å². The van der Waals surface area contributed by atoms with Crippen molar-refractivity contribution in [3.05, 3.63) is 23.0 Å². The molecule has 0 N–H and O–H groups in total. The number of allylic oxidation sites excluding steroid dienone is 3. The third kappa shape index (κ3) is 1.89. The molecule has 1 aliphatic heterocycles. The lowest BCUT2D eigenvalue weighted by atomic mass is 10.5. The third-order valence-electron chi connectivity index (χ3n) is 3.53. The molecule has 0 aromatic rings. The van der Waals surface area contributed by atoms with Gasteiger partial charge in [-0.25, -0.2) is 0 Å². The van der Waals surface area contributed by atoms with Crippen molar-refractivity contribution in [3.63, 3.8) is 0 Å². The molecule has 13 heavy (non-hydrogen) atoms. The highest BCUT2D eigenvalue weighted by molar-refractivity contribution is 6.97. The van der Waals surface area contributed by atoms with Crippen LogP contribution in [0.4, 0.5) is 0 Å². The molecule has 1 heterocycles. The Morgan fingerprint density at radius 1 is 1.08 bits per heavy atom. The predicted molar refractivity (Wildman–Crippen MR) is 67.5 cm³/mol. The van der Waals surface area contributed by atoms with Crippen LogP contribution in [0.5, 0.6) is 0 Å². The van der Waals surface area contributed by atoms with Crippen LogP contribution in [0.2, 0.25) is 38.3 Å². The largest absolute Gasteiger partial charge is 0.0999 e. The molecule has 0 atom stereocenters. The summed E-state index contributed by atoms with van der Waals surface area (Å²) in [5, 5.41) is 3.20. The predicted octanol–water partition coefficient (Wildman–Crippen LogP) is 4.00. The van der Waals surface area contributed by atoms with Gasteiger partial charge < -0.3 is 0 Å². The summed E-state index contributed by atoms with van der Waals surface area (Å²) in [7, 11) is -2.17. The van der Waals surface area contributed by atoms with E-state index in [9.17, 15) is 0 Å². The molecule has 0 radical (unpaired) electrons. The van der Waals surface area contributed by atoms with E-state index in [-0.39, 0.29) is 0 Å². The zero-order chi connectivity index (χ0) is 10.3.